The number of carbonyl (C=O) groups excluding carboxylic acids is 2. The maximum Gasteiger partial charge on any atom is 0.313 e. The Morgan fingerprint density at radius 1 is 1.17 bits per heavy atom. The van der Waals surface area contributed by atoms with Gasteiger partial charge in [0.05, 0.1) is 11.8 Å². The molecule has 0 spiro atoms. The lowest BCUT2D eigenvalue weighted by atomic mass is 9.87. The first-order chi connectivity index (χ1) is 10.5. The van der Waals surface area contributed by atoms with Crippen LogP contribution in [0.15, 0.2) is 12.1 Å². The molecule has 0 aliphatic heterocycles. The van der Waals surface area contributed by atoms with Crippen LogP contribution in [0.1, 0.15) is 27.2 Å². The molecular formula is C15H19F3N2O3. The highest BCUT2D eigenvalue weighted by atomic mass is 19.2. The van der Waals surface area contributed by atoms with Crippen LogP contribution in [0.3, 0.4) is 0 Å². The van der Waals surface area contributed by atoms with Crippen LogP contribution in [0.5, 0.6) is 0 Å². The minimum absolute atomic E-state index is 0.102. The second kappa shape index (κ2) is 7.45. The van der Waals surface area contributed by atoms with Crippen molar-refractivity contribution in [3.05, 3.63) is 29.6 Å². The number of amides is 2. The molecule has 1 aromatic carbocycles. The largest absolute Gasteiger partial charge is 0.393 e. The van der Waals surface area contributed by atoms with E-state index in [1.807, 2.05) is 5.32 Å². The summed E-state index contributed by atoms with van der Waals surface area (Å²) in [6.07, 6.45) is -0.181. The topological polar surface area (TPSA) is 78.4 Å². The van der Waals surface area contributed by atoms with Crippen LogP contribution >= 0.6 is 0 Å². The summed E-state index contributed by atoms with van der Waals surface area (Å²) in [6, 6.07) is 1.45. The fourth-order valence-corrected chi connectivity index (χ4v) is 2.07. The van der Waals surface area contributed by atoms with Crippen LogP contribution < -0.4 is 10.6 Å². The van der Waals surface area contributed by atoms with Gasteiger partial charge in [-0.05, 0) is 30.9 Å². The number of rotatable bonds is 5. The third-order valence-electron chi connectivity index (χ3n) is 3.07. The molecule has 0 radical (unpaired) electrons. The van der Waals surface area contributed by atoms with E-state index in [-0.39, 0.29) is 6.54 Å². The zero-order valence-corrected chi connectivity index (χ0v) is 13.0. The number of benzene rings is 1. The Bertz CT molecular complexity index is 604. The van der Waals surface area contributed by atoms with Crippen LogP contribution in [-0.4, -0.2) is 29.6 Å². The average molecular weight is 332 g/mol. The molecule has 1 atom stereocenters. The van der Waals surface area contributed by atoms with Crippen molar-refractivity contribution in [1.29, 1.82) is 0 Å². The van der Waals surface area contributed by atoms with Crippen molar-refractivity contribution >= 4 is 17.5 Å². The second-order valence-electron chi connectivity index (χ2n) is 6.08. The Balaban J connectivity index is 2.65. The van der Waals surface area contributed by atoms with E-state index in [0.717, 1.165) is 6.07 Å². The maximum absolute atomic E-state index is 13.4. The number of aliphatic hydroxyl groups excluding tert-OH is 1. The van der Waals surface area contributed by atoms with Crippen molar-refractivity contribution in [1.82, 2.24) is 5.32 Å². The highest BCUT2D eigenvalue weighted by Gasteiger charge is 2.24. The number of anilines is 1. The van der Waals surface area contributed by atoms with Gasteiger partial charge in [0.25, 0.3) is 0 Å². The average Bonchev–Trinajstić information content (AvgIpc) is 2.44. The maximum atomic E-state index is 13.4. The van der Waals surface area contributed by atoms with Crippen molar-refractivity contribution in [2.45, 2.75) is 33.3 Å². The lowest BCUT2D eigenvalue weighted by Gasteiger charge is -2.26. The number of hydrogen-bond donors (Lipinski definition) is 3. The molecule has 1 unspecified atom stereocenters. The highest BCUT2D eigenvalue weighted by Crippen LogP contribution is 2.21. The summed E-state index contributed by atoms with van der Waals surface area (Å²) in [5, 5.41) is 13.6. The smallest absolute Gasteiger partial charge is 0.313 e. The third-order valence-corrected chi connectivity index (χ3v) is 3.07. The molecule has 0 fully saturated rings. The normalized spacial score (nSPS) is 12.7. The van der Waals surface area contributed by atoms with E-state index in [2.05, 4.69) is 5.32 Å². The first kappa shape index (κ1) is 19.0. The molecule has 23 heavy (non-hydrogen) atoms. The van der Waals surface area contributed by atoms with E-state index in [0.29, 0.717) is 12.5 Å². The van der Waals surface area contributed by atoms with Crippen LogP contribution in [-0.2, 0) is 9.59 Å². The van der Waals surface area contributed by atoms with E-state index in [1.54, 1.807) is 20.8 Å². The van der Waals surface area contributed by atoms with Gasteiger partial charge in [0, 0.05) is 6.54 Å². The van der Waals surface area contributed by atoms with Crippen LogP contribution in [0.4, 0.5) is 18.9 Å². The van der Waals surface area contributed by atoms with E-state index in [9.17, 15) is 27.9 Å². The summed E-state index contributed by atoms with van der Waals surface area (Å²) >= 11 is 0. The molecule has 0 aliphatic rings. The molecule has 2 amide bonds. The number of hydrogen-bond acceptors (Lipinski definition) is 3. The fourth-order valence-electron chi connectivity index (χ4n) is 2.07. The third kappa shape index (κ3) is 5.55. The lowest BCUT2D eigenvalue weighted by molar-refractivity contribution is -0.136. The van der Waals surface area contributed by atoms with Gasteiger partial charge in [-0.1, -0.05) is 13.8 Å². The second-order valence-corrected chi connectivity index (χ2v) is 6.08. The molecule has 0 saturated carbocycles. The number of halogens is 3. The van der Waals surface area contributed by atoms with Gasteiger partial charge in [0.2, 0.25) is 0 Å². The van der Waals surface area contributed by atoms with Gasteiger partial charge in [-0.15, -0.1) is 0 Å². The zero-order chi connectivity index (χ0) is 17.8. The molecule has 0 aliphatic carbocycles. The predicted molar refractivity (Wildman–Crippen MR) is 78.0 cm³/mol. The van der Waals surface area contributed by atoms with Crippen molar-refractivity contribution in [3.63, 3.8) is 0 Å². The van der Waals surface area contributed by atoms with Gasteiger partial charge in [0.15, 0.2) is 17.5 Å². The molecule has 128 valence electrons. The molecule has 0 bridgehead atoms. The SMILES string of the molecule is CC(O)CC(C)(C)CNC(=O)C(=O)Nc1ccc(F)c(F)c1F. The van der Waals surface area contributed by atoms with E-state index < -0.39 is 46.5 Å². The van der Waals surface area contributed by atoms with E-state index >= 15 is 0 Å². The first-order valence-corrected chi connectivity index (χ1v) is 6.94. The highest BCUT2D eigenvalue weighted by molar-refractivity contribution is 6.39. The summed E-state index contributed by atoms with van der Waals surface area (Å²) in [5.74, 6) is -6.97. The quantitative estimate of drug-likeness (QED) is 0.570. The van der Waals surface area contributed by atoms with Gasteiger partial charge in [0.1, 0.15) is 0 Å². The Morgan fingerprint density at radius 2 is 1.78 bits per heavy atom. The van der Waals surface area contributed by atoms with Crippen LogP contribution in [0.25, 0.3) is 0 Å². The number of aliphatic hydroxyl groups is 1. The molecule has 3 N–H and O–H groups in total. The molecular weight excluding hydrogens is 313 g/mol. The minimum Gasteiger partial charge on any atom is -0.393 e. The van der Waals surface area contributed by atoms with Gasteiger partial charge in [-0.25, -0.2) is 13.2 Å². The Hall–Kier alpha value is -2.09. The van der Waals surface area contributed by atoms with E-state index in [4.69, 9.17) is 0 Å². The molecule has 1 aromatic rings. The molecule has 5 nitrogen and oxygen atoms in total. The van der Waals surface area contributed by atoms with Gasteiger partial charge in [-0.3, -0.25) is 9.59 Å². The Morgan fingerprint density at radius 3 is 2.35 bits per heavy atom. The number of nitrogens with one attached hydrogen (secondary N) is 2. The van der Waals surface area contributed by atoms with Crippen molar-refractivity contribution < 1.29 is 27.9 Å². The summed E-state index contributed by atoms with van der Waals surface area (Å²) in [5.41, 5.74) is -1.09. The number of carbonyl (C=O) groups is 2. The van der Waals surface area contributed by atoms with Crippen molar-refractivity contribution in [3.8, 4) is 0 Å². The van der Waals surface area contributed by atoms with Crippen molar-refractivity contribution in [2.75, 3.05) is 11.9 Å². The fraction of sp³-hybridized carbons (Fsp3) is 0.467. The first-order valence-electron chi connectivity index (χ1n) is 6.94. The van der Waals surface area contributed by atoms with Crippen LogP contribution in [0, 0.1) is 22.9 Å². The van der Waals surface area contributed by atoms with Crippen molar-refractivity contribution in [2.24, 2.45) is 5.41 Å². The van der Waals surface area contributed by atoms with Gasteiger partial charge < -0.3 is 15.7 Å². The van der Waals surface area contributed by atoms with E-state index in [1.165, 1.54) is 0 Å². The Labute approximate surface area is 131 Å². The zero-order valence-electron chi connectivity index (χ0n) is 13.0. The van der Waals surface area contributed by atoms with Gasteiger partial charge in [-0.2, -0.15) is 0 Å². The summed E-state index contributed by atoms with van der Waals surface area (Å²) < 4.78 is 39.2. The summed E-state index contributed by atoms with van der Waals surface area (Å²) in [7, 11) is 0. The lowest BCUT2D eigenvalue weighted by Crippen LogP contribution is -2.41. The van der Waals surface area contributed by atoms with Crippen LogP contribution in [0.2, 0.25) is 0 Å². The molecule has 1 rings (SSSR count). The monoisotopic (exact) mass is 332 g/mol. The predicted octanol–water partition coefficient (Wildman–Crippen LogP) is 1.96. The summed E-state index contributed by atoms with van der Waals surface area (Å²) in [4.78, 5) is 23.3. The standard InChI is InChI=1S/C15H19F3N2O3/c1-8(21)6-15(2,3)7-19-13(22)14(23)20-10-5-4-9(16)11(17)12(10)18/h4-5,8,21H,6-7H2,1-3H3,(H,19,22)(H,20,23). The molecule has 0 saturated heterocycles. The molecule has 0 heterocycles. The minimum atomic E-state index is -1.73. The summed E-state index contributed by atoms with van der Waals surface area (Å²) in [6.45, 7) is 5.27. The Kier molecular flexibility index (Phi) is 6.14. The van der Waals surface area contributed by atoms with Gasteiger partial charge >= 0.3 is 11.8 Å². The molecule has 8 heteroatoms. The molecule has 0 aromatic heterocycles.